The summed E-state index contributed by atoms with van der Waals surface area (Å²) in [5.41, 5.74) is 2.20. The fourth-order valence-electron chi connectivity index (χ4n) is 14.4. The summed E-state index contributed by atoms with van der Waals surface area (Å²) in [4.78, 5) is 2.71. The molecule has 7 aliphatic rings. The number of aryl methyl sites for hydroxylation is 1. The van der Waals surface area contributed by atoms with Crippen molar-refractivity contribution in [3.8, 4) is 0 Å². The highest BCUT2D eigenvalue weighted by Gasteiger charge is 2.67. The van der Waals surface area contributed by atoms with Crippen molar-refractivity contribution in [3.63, 3.8) is 0 Å². The van der Waals surface area contributed by atoms with Gasteiger partial charge in [0.1, 0.15) is 0 Å². The van der Waals surface area contributed by atoms with Crippen LogP contribution < -0.4 is 5.32 Å². The molecule has 5 heteroatoms. The number of piperidine rings is 2. The van der Waals surface area contributed by atoms with Gasteiger partial charge in [-0.15, -0.1) is 0 Å². The Morgan fingerprint density at radius 2 is 1.74 bits per heavy atom. The minimum absolute atomic E-state index is 0.0179. The zero-order valence-corrected chi connectivity index (χ0v) is 30.0. The number of aliphatic hydroxyl groups is 3. The second-order valence-corrected chi connectivity index (χ2v) is 19.0. The lowest BCUT2D eigenvalue weighted by Gasteiger charge is -2.60. The molecule has 0 bridgehead atoms. The van der Waals surface area contributed by atoms with E-state index in [4.69, 9.17) is 0 Å². The molecule has 5 nitrogen and oxygen atoms in total. The summed E-state index contributed by atoms with van der Waals surface area (Å²) in [6.07, 6.45) is 15.4. The van der Waals surface area contributed by atoms with Gasteiger partial charge in [-0.25, -0.2) is 0 Å². The van der Waals surface area contributed by atoms with Crippen LogP contribution in [0.1, 0.15) is 117 Å². The molecule has 262 valence electrons. The van der Waals surface area contributed by atoms with Gasteiger partial charge < -0.3 is 20.6 Å². The number of benzene rings is 1. The molecular formula is C42H66N2O3. The number of hydrogen-bond acceptors (Lipinski definition) is 5. The van der Waals surface area contributed by atoms with Crippen molar-refractivity contribution in [1.29, 1.82) is 0 Å². The van der Waals surface area contributed by atoms with Gasteiger partial charge in [-0.1, -0.05) is 32.9 Å². The monoisotopic (exact) mass is 647 g/mol. The summed E-state index contributed by atoms with van der Waals surface area (Å²) >= 11 is 0. The predicted octanol–water partition coefficient (Wildman–Crippen LogP) is 7.53. The van der Waals surface area contributed by atoms with Crippen LogP contribution in [0.5, 0.6) is 0 Å². The van der Waals surface area contributed by atoms with Crippen molar-refractivity contribution in [3.05, 3.63) is 29.8 Å². The molecule has 8 rings (SSSR count). The Kier molecular flexibility index (Phi) is 8.62. The molecule has 0 amide bonds. The maximum atomic E-state index is 12.2. The lowest BCUT2D eigenvalue weighted by molar-refractivity contribution is -0.180. The van der Waals surface area contributed by atoms with Crippen LogP contribution in [0.2, 0.25) is 0 Å². The molecule has 2 heterocycles. The number of nitrogens with one attached hydrogen (secondary N) is 1. The summed E-state index contributed by atoms with van der Waals surface area (Å²) in [6.45, 7) is 12.7. The third-order valence-corrected chi connectivity index (χ3v) is 16.5. The quantitative estimate of drug-likeness (QED) is 0.257. The smallest absolute Gasteiger partial charge is 0.0805 e. The molecule has 7 fully saturated rings. The third kappa shape index (κ3) is 5.46. The first-order chi connectivity index (χ1) is 22.5. The molecule has 15 atom stereocenters. The minimum atomic E-state index is -0.584. The van der Waals surface area contributed by atoms with E-state index in [0.717, 1.165) is 70.4 Å². The van der Waals surface area contributed by atoms with E-state index in [1.807, 2.05) is 0 Å². The standard InChI is InChI=1S/C42H66N2O3/c1-5-17-43-29-8-6-7-27(18-29)10-11-28-15-16-42(22-28)25-40(3)35-19-31-30(32(35)20-37(45)36(40)21-39(42)46)12-13-34-33(31)24-44-23-26(2)9-14-38(44)41(34,4)47/h6-8,18,26,28,30-39,43,45-47H,5,9-17,19-25H2,1-4H3/t26-,28+,30+,31+,32-,33-,34+,35+,36+,37-,38-,39+,40-,41-,42-/m0/s1. The van der Waals surface area contributed by atoms with Gasteiger partial charge in [0.2, 0.25) is 0 Å². The number of fused-ring (bicyclic) bond motifs is 8. The van der Waals surface area contributed by atoms with Crippen LogP contribution in [0, 0.1) is 64.1 Å². The zero-order chi connectivity index (χ0) is 32.7. The Balaban J connectivity index is 0.993. The van der Waals surface area contributed by atoms with E-state index >= 15 is 0 Å². The largest absolute Gasteiger partial charge is 0.393 e. The van der Waals surface area contributed by atoms with Crippen molar-refractivity contribution in [2.45, 2.75) is 141 Å². The fraction of sp³-hybridized carbons (Fsp3) is 0.857. The van der Waals surface area contributed by atoms with E-state index in [9.17, 15) is 15.3 Å². The first-order valence-electron chi connectivity index (χ1n) is 20.2. The maximum absolute atomic E-state index is 12.2. The first-order valence-corrected chi connectivity index (χ1v) is 20.2. The molecule has 2 saturated heterocycles. The van der Waals surface area contributed by atoms with Crippen molar-refractivity contribution >= 4 is 5.69 Å². The summed E-state index contributed by atoms with van der Waals surface area (Å²) in [5, 5.41) is 39.4. The van der Waals surface area contributed by atoms with E-state index in [2.05, 4.69) is 62.2 Å². The molecule has 0 aromatic heterocycles. The van der Waals surface area contributed by atoms with Crippen LogP contribution >= 0.6 is 0 Å². The van der Waals surface area contributed by atoms with Gasteiger partial charge in [0, 0.05) is 31.4 Å². The van der Waals surface area contributed by atoms with Crippen molar-refractivity contribution in [2.75, 3.05) is 25.0 Å². The lowest BCUT2D eigenvalue weighted by atomic mass is 9.46. The van der Waals surface area contributed by atoms with E-state index in [-0.39, 0.29) is 29.0 Å². The van der Waals surface area contributed by atoms with E-state index < -0.39 is 5.60 Å². The topological polar surface area (TPSA) is 76.0 Å². The number of hydrogen-bond donors (Lipinski definition) is 4. The third-order valence-electron chi connectivity index (χ3n) is 16.5. The van der Waals surface area contributed by atoms with Gasteiger partial charge in [0.25, 0.3) is 0 Å². The van der Waals surface area contributed by atoms with Crippen LogP contribution in [0.3, 0.4) is 0 Å². The highest BCUT2D eigenvalue weighted by Crippen LogP contribution is 2.70. The van der Waals surface area contributed by atoms with Crippen LogP contribution in [0.25, 0.3) is 0 Å². The molecule has 1 spiro atoms. The zero-order valence-electron chi connectivity index (χ0n) is 30.0. The molecular weight excluding hydrogens is 580 g/mol. The van der Waals surface area contributed by atoms with Crippen LogP contribution in [0.4, 0.5) is 5.69 Å². The molecule has 1 aromatic carbocycles. The van der Waals surface area contributed by atoms with Crippen LogP contribution in [0.15, 0.2) is 24.3 Å². The van der Waals surface area contributed by atoms with Gasteiger partial charge >= 0.3 is 0 Å². The Bertz CT molecular complexity index is 1280. The van der Waals surface area contributed by atoms with Crippen LogP contribution in [-0.4, -0.2) is 63.7 Å². The number of nitrogens with zero attached hydrogens (tertiary/aromatic N) is 1. The number of rotatable bonds is 6. The second kappa shape index (κ2) is 12.3. The average molecular weight is 647 g/mol. The van der Waals surface area contributed by atoms with Gasteiger partial charge in [-0.3, -0.25) is 4.90 Å². The van der Waals surface area contributed by atoms with Crippen LogP contribution in [-0.2, 0) is 6.42 Å². The highest BCUT2D eigenvalue weighted by atomic mass is 16.3. The van der Waals surface area contributed by atoms with E-state index in [0.29, 0.717) is 47.5 Å². The number of anilines is 1. The maximum Gasteiger partial charge on any atom is 0.0805 e. The molecule has 5 saturated carbocycles. The molecule has 4 N–H and O–H groups in total. The first kappa shape index (κ1) is 33.0. The van der Waals surface area contributed by atoms with Gasteiger partial charge in [0.15, 0.2) is 0 Å². The van der Waals surface area contributed by atoms with Crippen molar-refractivity contribution in [2.24, 2.45) is 64.1 Å². The van der Waals surface area contributed by atoms with E-state index in [1.165, 1.54) is 56.3 Å². The Morgan fingerprint density at radius 3 is 2.57 bits per heavy atom. The average Bonchev–Trinajstić information content (AvgIpc) is 3.63. The molecule has 1 aromatic rings. The summed E-state index contributed by atoms with van der Waals surface area (Å²) < 4.78 is 0. The molecule has 0 radical (unpaired) electrons. The summed E-state index contributed by atoms with van der Waals surface area (Å²) in [6, 6.07) is 9.34. The fourth-order valence-corrected chi connectivity index (χ4v) is 14.4. The molecule has 5 aliphatic carbocycles. The predicted molar refractivity (Wildman–Crippen MR) is 190 cm³/mol. The molecule has 0 unspecified atom stereocenters. The normalized spacial score (nSPS) is 50.7. The minimum Gasteiger partial charge on any atom is -0.393 e. The number of aliphatic hydroxyl groups excluding tert-OH is 2. The van der Waals surface area contributed by atoms with Crippen molar-refractivity contribution < 1.29 is 15.3 Å². The second-order valence-electron chi connectivity index (χ2n) is 19.0. The Labute approximate surface area is 285 Å². The van der Waals surface area contributed by atoms with Crippen molar-refractivity contribution in [1.82, 2.24) is 4.90 Å². The Morgan fingerprint density at radius 1 is 0.894 bits per heavy atom. The molecule has 2 aliphatic heterocycles. The summed E-state index contributed by atoms with van der Waals surface area (Å²) in [5.74, 6) is 5.27. The summed E-state index contributed by atoms with van der Waals surface area (Å²) in [7, 11) is 0. The SMILES string of the molecule is CCCNc1cccc(CC[C@@H]2CC[C@]3(C2)C[C@@]2(C)[C@@H]4C[C@@H]5[C@@H](CC[C@@H]6[C@H]5CN5C[C@@H](C)CC[C@H]5[C@@]6(C)O)[C@@H]4C[C@H](O)[C@H]2C[C@H]3O)c1. The van der Waals surface area contributed by atoms with Gasteiger partial charge in [-0.2, -0.15) is 0 Å². The van der Waals surface area contributed by atoms with Gasteiger partial charge in [-0.05, 0) is 179 Å². The van der Waals surface area contributed by atoms with Gasteiger partial charge in [0.05, 0.1) is 17.8 Å². The molecule has 47 heavy (non-hydrogen) atoms. The highest BCUT2D eigenvalue weighted by molar-refractivity contribution is 5.45. The van der Waals surface area contributed by atoms with E-state index in [1.54, 1.807) is 0 Å². The Hall–Kier alpha value is -1.14. The lowest BCUT2D eigenvalue weighted by Crippen LogP contribution is -2.67.